The van der Waals surface area contributed by atoms with Gasteiger partial charge in [0.05, 0.1) is 5.25 Å². The largest absolute Gasteiger partial charge is 0.433 e. The standard InChI is InChI=1S/C14H10F5N3OS/c1-7(12(23)22-11-8(15)3-2-4-9(11)16)24-13-20-6-5-10(21-13)14(17,18)19/h2-7H,1H3,(H,22,23). The third-order valence-electron chi connectivity index (χ3n) is 2.79. The van der Waals surface area contributed by atoms with Gasteiger partial charge < -0.3 is 5.32 Å². The molecule has 0 saturated heterocycles. The molecule has 1 atom stereocenters. The van der Waals surface area contributed by atoms with Gasteiger partial charge >= 0.3 is 6.18 Å². The zero-order valence-corrected chi connectivity index (χ0v) is 12.9. The minimum absolute atomic E-state index is 0.276. The number of para-hydroxylation sites is 1. The molecule has 0 saturated carbocycles. The molecule has 0 aliphatic rings. The maximum absolute atomic E-state index is 13.5. The molecule has 24 heavy (non-hydrogen) atoms. The molecule has 2 rings (SSSR count). The van der Waals surface area contributed by atoms with Crippen LogP contribution in [0.1, 0.15) is 12.6 Å². The first-order chi connectivity index (χ1) is 11.2. The minimum Gasteiger partial charge on any atom is -0.320 e. The summed E-state index contributed by atoms with van der Waals surface area (Å²) in [4.78, 5) is 18.9. The summed E-state index contributed by atoms with van der Waals surface area (Å²) in [5, 5.41) is 0.800. The van der Waals surface area contributed by atoms with Gasteiger partial charge in [0, 0.05) is 6.20 Å². The summed E-state index contributed by atoms with van der Waals surface area (Å²) in [5.41, 5.74) is -1.77. The summed E-state index contributed by atoms with van der Waals surface area (Å²) < 4.78 is 64.7. The maximum atomic E-state index is 13.5. The molecule has 0 aliphatic carbocycles. The Kier molecular flexibility index (Phi) is 5.37. The van der Waals surface area contributed by atoms with Crippen LogP contribution in [-0.4, -0.2) is 21.1 Å². The molecule has 0 bridgehead atoms. The number of aromatic nitrogens is 2. The van der Waals surface area contributed by atoms with Crippen LogP contribution in [0.2, 0.25) is 0 Å². The Hall–Kier alpha value is -2.23. The van der Waals surface area contributed by atoms with Gasteiger partial charge in [-0.2, -0.15) is 13.2 Å². The highest BCUT2D eigenvalue weighted by Crippen LogP contribution is 2.29. The second-order valence-corrected chi connectivity index (χ2v) is 5.88. The van der Waals surface area contributed by atoms with Gasteiger partial charge in [-0.05, 0) is 25.1 Å². The van der Waals surface area contributed by atoms with E-state index in [1.54, 1.807) is 0 Å². The molecule has 1 aromatic carbocycles. The number of carbonyl (C=O) groups is 1. The first kappa shape index (κ1) is 18.1. The normalized spacial score (nSPS) is 12.8. The van der Waals surface area contributed by atoms with Crippen molar-refractivity contribution in [1.82, 2.24) is 9.97 Å². The number of hydrogen-bond acceptors (Lipinski definition) is 4. The van der Waals surface area contributed by atoms with Gasteiger partial charge in [-0.15, -0.1) is 0 Å². The van der Waals surface area contributed by atoms with E-state index in [0.717, 1.165) is 24.4 Å². The number of nitrogens with one attached hydrogen (secondary N) is 1. The van der Waals surface area contributed by atoms with Crippen molar-refractivity contribution in [3.05, 3.63) is 47.8 Å². The average molecular weight is 363 g/mol. The number of rotatable bonds is 4. The summed E-state index contributed by atoms with van der Waals surface area (Å²) >= 11 is 0.634. The number of hydrogen-bond donors (Lipinski definition) is 1. The molecule has 0 spiro atoms. The SMILES string of the molecule is CC(Sc1nccc(C(F)(F)F)n1)C(=O)Nc1c(F)cccc1F. The summed E-state index contributed by atoms with van der Waals surface area (Å²) in [7, 11) is 0. The zero-order chi connectivity index (χ0) is 17.9. The predicted molar refractivity (Wildman–Crippen MR) is 77.3 cm³/mol. The van der Waals surface area contributed by atoms with Gasteiger partial charge in [-0.25, -0.2) is 18.7 Å². The number of carbonyl (C=O) groups excluding carboxylic acids is 1. The van der Waals surface area contributed by atoms with E-state index < -0.39 is 40.3 Å². The zero-order valence-electron chi connectivity index (χ0n) is 12.1. The van der Waals surface area contributed by atoms with Gasteiger partial charge in [-0.1, -0.05) is 17.8 Å². The molecule has 4 nitrogen and oxygen atoms in total. The second-order valence-electron chi connectivity index (χ2n) is 4.57. The fourth-order valence-corrected chi connectivity index (χ4v) is 2.36. The van der Waals surface area contributed by atoms with Crippen LogP contribution in [0.25, 0.3) is 0 Å². The molecule has 1 heterocycles. The number of thioether (sulfide) groups is 1. The van der Waals surface area contributed by atoms with Crippen molar-refractivity contribution < 1.29 is 26.7 Å². The first-order valence-electron chi connectivity index (χ1n) is 6.50. The van der Waals surface area contributed by atoms with Crippen molar-refractivity contribution in [2.75, 3.05) is 5.32 Å². The second kappa shape index (κ2) is 7.12. The van der Waals surface area contributed by atoms with Crippen LogP contribution in [0.5, 0.6) is 0 Å². The highest BCUT2D eigenvalue weighted by Gasteiger charge is 2.33. The summed E-state index contributed by atoms with van der Waals surface area (Å²) in [5.74, 6) is -2.73. The molecule has 1 amide bonds. The molecule has 1 N–H and O–H groups in total. The summed E-state index contributed by atoms with van der Waals surface area (Å²) in [6, 6.07) is 3.76. The predicted octanol–water partition coefficient (Wildman–Crippen LogP) is 3.89. The van der Waals surface area contributed by atoms with Gasteiger partial charge in [0.25, 0.3) is 0 Å². The first-order valence-corrected chi connectivity index (χ1v) is 7.38. The lowest BCUT2D eigenvalue weighted by Gasteiger charge is -2.13. The molecule has 0 radical (unpaired) electrons. The Morgan fingerprint density at radius 1 is 1.21 bits per heavy atom. The van der Waals surface area contributed by atoms with Crippen molar-refractivity contribution in [3.8, 4) is 0 Å². The molecular formula is C14H10F5N3OS. The molecule has 10 heteroatoms. The maximum Gasteiger partial charge on any atom is 0.433 e. The van der Waals surface area contributed by atoms with Crippen LogP contribution in [0.4, 0.5) is 27.6 Å². The summed E-state index contributed by atoms with van der Waals surface area (Å²) in [6.45, 7) is 1.35. The fourth-order valence-electron chi connectivity index (χ4n) is 1.61. The molecular weight excluding hydrogens is 353 g/mol. The van der Waals surface area contributed by atoms with E-state index in [1.165, 1.54) is 6.92 Å². The quantitative estimate of drug-likeness (QED) is 0.509. The van der Waals surface area contributed by atoms with Crippen molar-refractivity contribution in [2.24, 2.45) is 0 Å². The van der Waals surface area contributed by atoms with E-state index in [4.69, 9.17) is 0 Å². The van der Waals surface area contributed by atoms with Crippen LogP contribution in [-0.2, 0) is 11.0 Å². The smallest absolute Gasteiger partial charge is 0.320 e. The van der Waals surface area contributed by atoms with Crippen molar-refractivity contribution in [2.45, 2.75) is 23.5 Å². The molecule has 0 aliphatic heterocycles. The number of anilines is 1. The number of benzene rings is 1. The third kappa shape index (κ3) is 4.40. The number of amides is 1. The van der Waals surface area contributed by atoms with Crippen molar-refractivity contribution >= 4 is 23.4 Å². The Balaban J connectivity index is 2.10. The highest BCUT2D eigenvalue weighted by molar-refractivity contribution is 8.00. The van der Waals surface area contributed by atoms with E-state index in [0.29, 0.717) is 17.8 Å². The summed E-state index contributed by atoms with van der Waals surface area (Å²) in [6.07, 6.45) is -3.72. The highest BCUT2D eigenvalue weighted by atomic mass is 32.2. The van der Waals surface area contributed by atoms with E-state index in [-0.39, 0.29) is 5.16 Å². The fraction of sp³-hybridized carbons (Fsp3) is 0.214. The number of nitrogens with zero attached hydrogens (tertiary/aromatic N) is 2. The lowest BCUT2D eigenvalue weighted by molar-refractivity contribution is -0.141. The molecule has 0 fully saturated rings. The van der Waals surface area contributed by atoms with E-state index >= 15 is 0 Å². The van der Waals surface area contributed by atoms with Crippen molar-refractivity contribution in [1.29, 1.82) is 0 Å². The van der Waals surface area contributed by atoms with Crippen LogP contribution in [0, 0.1) is 11.6 Å². The van der Waals surface area contributed by atoms with Gasteiger partial charge in [0.1, 0.15) is 23.0 Å². The Morgan fingerprint density at radius 2 is 1.83 bits per heavy atom. The van der Waals surface area contributed by atoms with Crippen LogP contribution < -0.4 is 5.32 Å². The molecule has 1 aromatic heterocycles. The van der Waals surface area contributed by atoms with Crippen LogP contribution >= 0.6 is 11.8 Å². The monoisotopic (exact) mass is 363 g/mol. The molecule has 1 unspecified atom stereocenters. The Morgan fingerprint density at radius 3 is 2.42 bits per heavy atom. The van der Waals surface area contributed by atoms with E-state index in [2.05, 4.69) is 15.3 Å². The van der Waals surface area contributed by atoms with Crippen LogP contribution in [0.3, 0.4) is 0 Å². The van der Waals surface area contributed by atoms with Gasteiger partial charge in [0.15, 0.2) is 5.16 Å². The lowest BCUT2D eigenvalue weighted by Crippen LogP contribution is -2.24. The third-order valence-corrected chi connectivity index (χ3v) is 3.76. The van der Waals surface area contributed by atoms with Crippen LogP contribution in [0.15, 0.2) is 35.6 Å². The van der Waals surface area contributed by atoms with E-state index in [9.17, 15) is 26.7 Å². The molecule has 128 valence electrons. The van der Waals surface area contributed by atoms with E-state index in [1.807, 2.05) is 0 Å². The topological polar surface area (TPSA) is 54.9 Å². The molecule has 2 aromatic rings. The Bertz CT molecular complexity index is 733. The van der Waals surface area contributed by atoms with Crippen molar-refractivity contribution in [3.63, 3.8) is 0 Å². The Labute approximate surface area is 137 Å². The average Bonchev–Trinajstić information content (AvgIpc) is 2.50. The number of alkyl halides is 3. The minimum atomic E-state index is -4.64. The van der Waals surface area contributed by atoms with Gasteiger partial charge in [0.2, 0.25) is 5.91 Å². The lowest BCUT2D eigenvalue weighted by atomic mass is 10.3. The van der Waals surface area contributed by atoms with Gasteiger partial charge in [-0.3, -0.25) is 4.79 Å². The number of halogens is 5.